The lowest BCUT2D eigenvalue weighted by atomic mass is 9.96. The summed E-state index contributed by atoms with van der Waals surface area (Å²) in [5.74, 6) is 0.0606. The zero-order valence-electron chi connectivity index (χ0n) is 17.6. The number of amides is 3. The van der Waals surface area contributed by atoms with Gasteiger partial charge in [0.25, 0.3) is 5.91 Å². The van der Waals surface area contributed by atoms with E-state index in [0.717, 1.165) is 18.4 Å². The largest absolute Gasteiger partial charge is 0.356 e. The average Bonchev–Trinajstić information content (AvgIpc) is 3.19. The summed E-state index contributed by atoms with van der Waals surface area (Å²) in [5.41, 5.74) is 1.68. The number of piperidine rings is 1. The van der Waals surface area contributed by atoms with Crippen LogP contribution in [-0.2, 0) is 16.1 Å². The van der Waals surface area contributed by atoms with Crippen LogP contribution in [0.1, 0.15) is 35.2 Å². The van der Waals surface area contributed by atoms with Gasteiger partial charge in [-0.15, -0.1) is 0 Å². The van der Waals surface area contributed by atoms with Crippen molar-refractivity contribution in [1.82, 2.24) is 20.1 Å². The molecule has 31 heavy (non-hydrogen) atoms. The molecule has 1 atom stereocenters. The molecule has 7 heteroatoms. The Kier molecular flexibility index (Phi) is 6.60. The van der Waals surface area contributed by atoms with Gasteiger partial charge in [-0.3, -0.25) is 19.4 Å². The van der Waals surface area contributed by atoms with Crippen LogP contribution in [-0.4, -0.2) is 58.7 Å². The molecule has 2 saturated heterocycles. The third-order valence-electron chi connectivity index (χ3n) is 6.18. The fourth-order valence-electron chi connectivity index (χ4n) is 4.31. The van der Waals surface area contributed by atoms with E-state index < -0.39 is 0 Å². The Morgan fingerprint density at radius 3 is 2.55 bits per heavy atom. The van der Waals surface area contributed by atoms with Gasteiger partial charge in [-0.05, 0) is 36.5 Å². The van der Waals surface area contributed by atoms with Crippen LogP contribution in [0.15, 0.2) is 54.9 Å². The van der Waals surface area contributed by atoms with Crippen LogP contribution in [0.25, 0.3) is 0 Å². The van der Waals surface area contributed by atoms with Crippen LogP contribution in [0.4, 0.5) is 0 Å². The smallest absolute Gasteiger partial charge is 0.255 e. The van der Waals surface area contributed by atoms with Gasteiger partial charge in [0.05, 0.1) is 11.5 Å². The number of hydrogen-bond acceptors (Lipinski definition) is 4. The predicted molar refractivity (Wildman–Crippen MR) is 116 cm³/mol. The lowest BCUT2D eigenvalue weighted by Crippen LogP contribution is -2.42. The first-order chi connectivity index (χ1) is 15.1. The Labute approximate surface area is 182 Å². The SMILES string of the molecule is O=C(NCC1CCN(C(=O)c2cccnc2)CC1)C1CC(=O)N(Cc2ccccc2)C1. The number of carbonyl (C=O) groups excluding carboxylic acids is 3. The standard InChI is InChI=1S/C24H28N4O3/c29-22-13-21(17-28(22)16-19-5-2-1-3-6-19)23(30)26-14-18-8-11-27(12-9-18)24(31)20-7-4-10-25-15-20/h1-7,10,15,18,21H,8-9,11-14,16-17H2,(H,26,30). The molecule has 1 N–H and O–H groups in total. The molecule has 2 aliphatic heterocycles. The van der Waals surface area contributed by atoms with E-state index in [1.165, 1.54) is 0 Å². The van der Waals surface area contributed by atoms with E-state index in [4.69, 9.17) is 0 Å². The number of carbonyl (C=O) groups is 3. The first-order valence-corrected chi connectivity index (χ1v) is 10.9. The molecule has 2 aliphatic rings. The van der Waals surface area contributed by atoms with Crippen LogP contribution in [0.2, 0.25) is 0 Å². The molecular formula is C24H28N4O3. The summed E-state index contributed by atoms with van der Waals surface area (Å²) in [6.07, 6.45) is 5.24. The fourth-order valence-corrected chi connectivity index (χ4v) is 4.31. The second kappa shape index (κ2) is 9.73. The highest BCUT2D eigenvalue weighted by molar-refractivity contribution is 5.94. The summed E-state index contributed by atoms with van der Waals surface area (Å²) >= 11 is 0. The highest BCUT2D eigenvalue weighted by Crippen LogP contribution is 2.22. The number of benzene rings is 1. The molecule has 1 aromatic heterocycles. The van der Waals surface area contributed by atoms with Crippen molar-refractivity contribution >= 4 is 17.7 Å². The average molecular weight is 421 g/mol. The molecule has 0 radical (unpaired) electrons. The van der Waals surface area contributed by atoms with Gasteiger partial charge in [-0.1, -0.05) is 30.3 Å². The van der Waals surface area contributed by atoms with Crippen molar-refractivity contribution in [3.05, 3.63) is 66.0 Å². The summed E-state index contributed by atoms with van der Waals surface area (Å²) in [6.45, 7) is 2.98. The maximum atomic E-state index is 12.6. The number of likely N-dealkylation sites (tertiary alicyclic amines) is 2. The number of pyridine rings is 1. The molecule has 3 heterocycles. The van der Waals surface area contributed by atoms with Crippen LogP contribution >= 0.6 is 0 Å². The summed E-state index contributed by atoms with van der Waals surface area (Å²) in [7, 11) is 0. The van der Waals surface area contributed by atoms with Gasteiger partial charge in [0, 0.05) is 51.5 Å². The monoisotopic (exact) mass is 420 g/mol. The van der Waals surface area contributed by atoms with Gasteiger partial charge in [0.1, 0.15) is 0 Å². The molecule has 162 valence electrons. The van der Waals surface area contributed by atoms with Crippen molar-refractivity contribution in [1.29, 1.82) is 0 Å². The molecule has 0 bridgehead atoms. The minimum Gasteiger partial charge on any atom is -0.356 e. The highest BCUT2D eigenvalue weighted by atomic mass is 16.2. The van der Waals surface area contributed by atoms with E-state index in [0.29, 0.717) is 44.2 Å². The fraction of sp³-hybridized carbons (Fsp3) is 0.417. The molecule has 3 amide bonds. The first-order valence-electron chi connectivity index (χ1n) is 10.9. The van der Waals surface area contributed by atoms with E-state index in [-0.39, 0.29) is 30.1 Å². The second-order valence-electron chi connectivity index (χ2n) is 8.38. The quantitative estimate of drug-likeness (QED) is 0.776. The van der Waals surface area contributed by atoms with Crippen LogP contribution in [0.5, 0.6) is 0 Å². The van der Waals surface area contributed by atoms with Gasteiger partial charge in [0.2, 0.25) is 11.8 Å². The molecule has 0 spiro atoms. The summed E-state index contributed by atoms with van der Waals surface area (Å²) in [4.78, 5) is 45.1. The van der Waals surface area contributed by atoms with E-state index in [2.05, 4.69) is 10.3 Å². The highest BCUT2D eigenvalue weighted by Gasteiger charge is 2.34. The van der Waals surface area contributed by atoms with Crippen molar-refractivity contribution < 1.29 is 14.4 Å². The van der Waals surface area contributed by atoms with E-state index >= 15 is 0 Å². The third-order valence-corrected chi connectivity index (χ3v) is 6.18. The number of rotatable bonds is 6. The van der Waals surface area contributed by atoms with E-state index in [9.17, 15) is 14.4 Å². The number of aromatic nitrogens is 1. The molecule has 1 aromatic carbocycles. The summed E-state index contributed by atoms with van der Waals surface area (Å²) in [5, 5.41) is 3.04. The number of hydrogen-bond donors (Lipinski definition) is 1. The van der Waals surface area contributed by atoms with Gasteiger partial charge in [0.15, 0.2) is 0 Å². The van der Waals surface area contributed by atoms with Crippen LogP contribution in [0.3, 0.4) is 0 Å². The molecule has 1 unspecified atom stereocenters. The topological polar surface area (TPSA) is 82.6 Å². The van der Waals surface area contributed by atoms with Crippen molar-refractivity contribution in [2.24, 2.45) is 11.8 Å². The molecule has 7 nitrogen and oxygen atoms in total. The molecule has 0 aliphatic carbocycles. The van der Waals surface area contributed by atoms with Crippen molar-refractivity contribution in [3.63, 3.8) is 0 Å². The minimum atomic E-state index is -0.288. The first kappa shape index (κ1) is 21.0. The molecule has 2 aromatic rings. The number of nitrogens with zero attached hydrogens (tertiary/aromatic N) is 3. The van der Waals surface area contributed by atoms with E-state index in [1.807, 2.05) is 35.2 Å². The molecule has 2 fully saturated rings. The van der Waals surface area contributed by atoms with Gasteiger partial charge < -0.3 is 15.1 Å². The van der Waals surface area contributed by atoms with Crippen molar-refractivity contribution in [2.45, 2.75) is 25.8 Å². The Morgan fingerprint density at radius 2 is 1.84 bits per heavy atom. The zero-order chi connectivity index (χ0) is 21.6. The molecule has 0 saturated carbocycles. The predicted octanol–water partition coefficient (Wildman–Crippen LogP) is 2.10. The Morgan fingerprint density at radius 1 is 1.06 bits per heavy atom. The van der Waals surface area contributed by atoms with Crippen LogP contribution < -0.4 is 5.32 Å². The maximum Gasteiger partial charge on any atom is 0.255 e. The molecule has 4 rings (SSSR count). The lowest BCUT2D eigenvalue weighted by Gasteiger charge is -2.32. The van der Waals surface area contributed by atoms with Gasteiger partial charge in [-0.25, -0.2) is 0 Å². The van der Waals surface area contributed by atoms with E-state index in [1.54, 1.807) is 29.4 Å². The normalized spacial score (nSPS) is 19.5. The second-order valence-corrected chi connectivity index (χ2v) is 8.38. The van der Waals surface area contributed by atoms with Gasteiger partial charge in [-0.2, -0.15) is 0 Å². The third kappa shape index (κ3) is 5.29. The number of nitrogens with one attached hydrogen (secondary N) is 1. The Bertz CT molecular complexity index is 911. The Hall–Kier alpha value is -3.22. The lowest BCUT2D eigenvalue weighted by molar-refractivity contribution is -0.129. The van der Waals surface area contributed by atoms with Crippen molar-refractivity contribution in [3.8, 4) is 0 Å². The summed E-state index contributed by atoms with van der Waals surface area (Å²) < 4.78 is 0. The van der Waals surface area contributed by atoms with Crippen molar-refractivity contribution in [2.75, 3.05) is 26.2 Å². The minimum absolute atomic E-state index is 0.0126. The maximum absolute atomic E-state index is 12.6. The molecular weight excluding hydrogens is 392 g/mol. The van der Waals surface area contributed by atoms with Gasteiger partial charge >= 0.3 is 0 Å². The van der Waals surface area contributed by atoms with Crippen LogP contribution in [0, 0.1) is 11.8 Å². The Balaban J connectivity index is 1.20. The zero-order valence-corrected chi connectivity index (χ0v) is 17.6. The summed E-state index contributed by atoms with van der Waals surface area (Å²) in [6, 6.07) is 13.4.